The number of amides is 1. The number of rotatable bonds is 3. The summed E-state index contributed by atoms with van der Waals surface area (Å²) in [4.78, 5) is 23.1. The monoisotopic (exact) mass is 324 g/mol. The molecule has 0 unspecified atom stereocenters. The molecule has 0 fully saturated rings. The molecule has 0 aliphatic carbocycles. The first-order chi connectivity index (χ1) is 9.08. The maximum atomic E-state index is 11.8. The van der Waals surface area contributed by atoms with Gasteiger partial charge >= 0.3 is 5.97 Å². The second kappa shape index (κ2) is 5.97. The minimum Gasteiger partial charge on any atom is -0.456 e. The van der Waals surface area contributed by atoms with E-state index in [0.29, 0.717) is 12.8 Å². The van der Waals surface area contributed by atoms with Gasteiger partial charge in [-0.05, 0) is 6.07 Å². The first kappa shape index (κ1) is 13.7. The van der Waals surface area contributed by atoms with Crippen LogP contribution in [0.4, 0.5) is 0 Å². The average Bonchev–Trinajstić information content (AvgIpc) is 2.40. The number of nitrogens with zero attached hydrogens (tertiary/aromatic N) is 2. The smallest absolute Gasteiger partial charge is 0.354 e. The predicted molar refractivity (Wildman–Crippen MR) is 73.4 cm³/mol. The molecular weight excluding hydrogens is 312 g/mol. The molecule has 0 saturated carbocycles. The number of hydrazone groups is 1. The van der Waals surface area contributed by atoms with Crippen LogP contribution in [0.5, 0.6) is 0 Å². The van der Waals surface area contributed by atoms with Gasteiger partial charge in [0, 0.05) is 29.9 Å². The fraction of sp³-hybridized carbons (Fsp3) is 0.308. The lowest BCUT2D eigenvalue weighted by Gasteiger charge is -2.18. The zero-order valence-corrected chi connectivity index (χ0v) is 12.0. The van der Waals surface area contributed by atoms with Crippen molar-refractivity contribution in [2.45, 2.75) is 19.4 Å². The van der Waals surface area contributed by atoms with Crippen LogP contribution in [0, 0.1) is 0 Å². The number of hydrogen-bond donors (Lipinski definition) is 0. The molecule has 1 aliphatic heterocycles. The molecule has 1 aromatic rings. The van der Waals surface area contributed by atoms with E-state index in [1.165, 1.54) is 12.1 Å². The van der Waals surface area contributed by atoms with Gasteiger partial charge in [0.15, 0.2) is 0 Å². The Morgan fingerprint density at radius 2 is 2.16 bits per heavy atom. The van der Waals surface area contributed by atoms with E-state index in [1.54, 1.807) is 0 Å². The van der Waals surface area contributed by atoms with Crippen LogP contribution in [0.15, 0.2) is 33.8 Å². The Morgan fingerprint density at radius 1 is 1.42 bits per heavy atom. The Hall–Kier alpha value is -1.69. The van der Waals surface area contributed by atoms with Crippen molar-refractivity contribution in [2.75, 3.05) is 7.05 Å². The number of esters is 1. The van der Waals surface area contributed by atoms with E-state index in [2.05, 4.69) is 21.0 Å². The fourth-order valence-corrected chi connectivity index (χ4v) is 2.06. The zero-order chi connectivity index (χ0) is 13.8. The summed E-state index contributed by atoms with van der Waals surface area (Å²) < 4.78 is 6.08. The highest BCUT2D eigenvalue weighted by molar-refractivity contribution is 9.10. The van der Waals surface area contributed by atoms with E-state index in [1.807, 2.05) is 24.3 Å². The summed E-state index contributed by atoms with van der Waals surface area (Å²) in [5.74, 6) is -0.572. The summed E-state index contributed by atoms with van der Waals surface area (Å²) in [5.41, 5.74) is 1.17. The number of halogens is 1. The molecule has 1 amide bonds. The standard InChI is InChI=1S/C13H13BrN2O3/c1-16-12(17)7-6-11(15-16)13(18)19-8-9-4-2-3-5-10(9)14/h2-5H,6-8H2,1H3. The minimum atomic E-state index is -0.477. The maximum Gasteiger partial charge on any atom is 0.354 e. The van der Waals surface area contributed by atoms with Gasteiger partial charge in [0.1, 0.15) is 12.3 Å². The minimum absolute atomic E-state index is 0.0950. The Labute approximate surface area is 119 Å². The Kier molecular flexibility index (Phi) is 4.31. The second-order valence-electron chi connectivity index (χ2n) is 4.13. The largest absolute Gasteiger partial charge is 0.456 e. The lowest BCUT2D eigenvalue weighted by atomic mass is 10.2. The predicted octanol–water partition coefficient (Wildman–Crippen LogP) is 2.10. The van der Waals surface area contributed by atoms with Crippen molar-refractivity contribution >= 4 is 33.5 Å². The highest BCUT2D eigenvalue weighted by atomic mass is 79.9. The quantitative estimate of drug-likeness (QED) is 0.800. The van der Waals surface area contributed by atoms with Crippen molar-refractivity contribution in [2.24, 2.45) is 5.10 Å². The van der Waals surface area contributed by atoms with Gasteiger partial charge in [-0.15, -0.1) is 0 Å². The number of carbonyl (C=O) groups excluding carboxylic acids is 2. The molecule has 19 heavy (non-hydrogen) atoms. The van der Waals surface area contributed by atoms with Crippen molar-refractivity contribution < 1.29 is 14.3 Å². The highest BCUT2D eigenvalue weighted by Gasteiger charge is 2.23. The Bertz CT molecular complexity index is 542. The van der Waals surface area contributed by atoms with Crippen molar-refractivity contribution in [3.63, 3.8) is 0 Å². The molecule has 0 N–H and O–H groups in total. The van der Waals surface area contributed by atoms with E-state index in [0.717, 1.165) is 10.0 Å². The summed E-state index contributed by atoms with van der Waals surface area (Å²) >= 11 is 3.39. The van der Waals surface area contributed by atoms with Crippen molar-refractivity contribution in [3.8, 4) is 0 Å². The normalized spacial score (nSPS) is 15.2. The molecule has 2 rings (SSSR count). The third-order valence-electron chi connectivity index (χ3n) is 2.76. The van der Waals surface area contributed by atoms with Gasteiger partial charge < -0.3 is 4.74 Å². The number of ether oxygens (including phenoxy) is 1. The molecule has 0 bridgehead atoms. The van der Waals surface area contributed by atoms with Gasteiger partial charge in [-0.1, -0.05) is 34.1 Å². The third kappa shape index (κ3) is 3.41. The first-order valence-corrected chi connectivity index (χ1v) is 6.62. The van der Waals surface area contributed by atoms with Crippen LogP contribution < -0.4 is 0 Å². The molecule has 1 aromatic carbocycles. The van der Waals surface area contributed by atoms with Crippen LogP contribution in [0.25, 0.3) is 0 Å². The van der Waals surface area contributed by atoms with Gasteiger partial charge in [0.2, 0.25) is 5.91 Å². The Morgan fingerprint density at radius 3 is 2.84 bits per heavy atom. The van der Waals surface area contributed by atoms with Crippen molar-refractivity contribution in [3.05, 3.63) is 34.3 Å². The second-order valence-corrected chi connectivity index (χ2v) is 4.99. The molecule has 100 valence electrons. The third-order valence-corrected chi connectivity index (χ3v) is 3.53. The van der Waals surface area contributed by atoms with Gasteiger partial charge in [0.05, 0.1) is 0 Å². The summed E-state index contributed by atoms with van der Waals surface area (Å²) in [7, 11) is 1.53. The van der Waals surface area contributed by atoms with Crippen LogP contribution in [-0.4, -0.2) is 29.6 Å². The van der Waals surface area contributed by atoms with Gasteiger partial charge in [-0.2, -0.15) is 5.10 Å². The van der Waals surface area contributed by atoms with E-state index >= 15 is 0 Å². The molecule has 1 heterocycles. The van der Waals surface area contributed by atoms with E-state index in [4.69, 9.17) is 4.74 Å². The van der Waals surface area contributed by atoms with Crippen LogP contribution >= 0.6 is 15.9 Å². The maximum absolute atomic E-state index is 11.8. The summed E-state index contributed by atoms with van der Waals surface area (Å²) in [6, 6.07) is 7.52. The molecule has 5 nitrogen and oxygen atoms in total. The number of hydrogen-bond acceptors (Lipinski definition) is 4. The molecule has 0 aromatic heterocycles. The van der Waals surface area contributed by atoms with Crippen molar-refractivity contribution in [1.82, 2.24) is 5.01 Å². The highest BCUT2D eigenvalue weighted by Crippen LogP contribution is 2.17. The first-order valence-electron chi connectivity index (χ1n) is 5.82. The van der Waals surface area contributed by atoms with Crippen molar-refractivity contribution in [1.29, 1.82) is 0 Å². The SMILES string of the molecule is CN1N=C(C(=O)OCc2ccccc2Br)CCC1=O. The van der Waals surface area contributed by atoms with Crippen LogP contribution in [0.2, 0.25) is 0 Å². The van der Waals surface area contributed by atoms with E-state index in [-0.39, 0.29) is 18.2 Å². The van der Waals surface area contributed by atoms with Crippen LogP contribution in [-0.2, 0) is 20.9 Å². The van der Waals surface area contributed by atoms with Gasteiger partial charge in [-0.3, -0.25) is 4.79 Å². The summed E-state index contributed by atoms with van der Waals surface area (Å²) in [5, 5.41) is 5.09. The fourth-order valence-electron chi connectivity index (χ4n) is 1.66. The molecule has 0 radical (unpaired) electrons. The molecule has 0 saturated heterocycles. The zero-order valence-electron chi connectivity index (χ0n) is 10.4. The number of carbonyl (C=O) groups is 2. The molecule has 0 atom stereocenters. The molecule has 6 heteroatoms. The summed E-state index contributed by atoms with van der Waals surface area (Å²) in [6.45, 7) is 0.178. The lowest BCUT2D eigenvalue weighted by Crippen LogP contribution is -2.32. The Balaban J connectivity index is 1.97. The summed E-state index contributed by atoms with van der Waals surface area (Å²) in [6.07, 6.45) is 0.622. The molecule has 0 spiro atoms. The van der Waals surface area contributed by atoms with Gasteiger partial charge in [0.25, 0.3) is 0 Å². The average molecular weight is 325 g/mol. The lowest BCUT2D eigenvalue weighted by molar-refractivity contribution is -0.137. The van der Waals surface area contributed by atoms with Crippen LogP contribution in [0.1, 0.15) is 18.4 Å². The van der Waals surface area contributed by atoms with Gasteiger partial charge in [-0.25, -0.2) is 9.80 Å². The topological polar surface area (TPSA) is 59.0 Å². The van der Waals surface area contributed by atoms with E-state index in [9.17, 15) is 9.59 Å². The molecule has 1 aliphatic rings. The molecular formula is C13H13BrN2O3. The number of benzene rings is 1. The van der Waals surface area contributed by atoms with E-state index < -0.39 is 5.97 Å². The van der Waals surface area contributed by atoms with Crippen LogP contribution in [0.3, 0.4) is 0 Å².